The summed E-state index contributed by atoms with van der Waals surface area (Å²) in [6.45, 7) is 0. The molecule has 2 aromatic carbocycles. The number of nitrogens with one attached hydrogen (secondary N) is 1. The number of benzene rings is 2. The average Bonchev–Trinajstić information content (AvgIpc) is 2.61. The number of rotatable bonds is 3. The molecular formula is C19H18Cl2N2O. The van der Waals surface area contributed by atoms with E-state index in [2.05, 4.69) is 34.8 Å². The van der Waals surface area contributed by atoms with Gasteiger partial charge in [0.2, 0.25) is 0 Å². The van der Waals surface area contributed by atoms with Crippen LogP contribution in [0.3, 0.4) is 0 Å². The van der Waals surface area contributed by atoms with E-state index in [1.807, 2.05) is 6.07 Å². The molecule has 1 fully saturated rings. The Labute approximate surface area is 151 Å². The Balaban J connectivity index is 1.57. The van der Waals surface area contributed by atoms with Crippen LogP contribution in [0.2, 0.25) is 10.0 Å². The van der Waals surface area contributed by atoms with Gasteiger partial charge < -0.3 is 0 Å². The number of carbonyl (C=O) groups excluding carboxylic acids is 1. The van der Waals surface area contributed by atoms with Crippen LogP contribution >= 0.6 is 23.2 Å². The molecule has 0 heterocycles. The lowest BCUT2D eigenvalue weighted by Crippen LogP contribution is -2.22. The fourth-order valence-electron chi connectivity index (χ4n) is 2.99. The van der Waals surface area contributed by atoms with Crippen LogP contribution < -0.4 is 5.43 Å². The van der Waals surface area contributed by atoms with Gasteiger partial charge in [0, 0.05) is 10.7 Å². The highest BCUT2D eigenvalue weighted by atomic mass is 35.5. The quantitative estimate of drug-likeness (QED) is 0.727. The molecule has 0 unspecified atom stereocenters. The van der Waals surface area contributed by atoms with Crippen molar-refractivity contribution < 1.29 is 4.79 Å². The molecule has 0 atom stereocenters. The Morgan fingerprint density at radius 1 is 1.04 bits per heavy atom. The standard InChI is InChI=1S/C19H18Cl2N2O/c20-15-8-11-17(18(21)12-15)19(24)23-22-16-9-6-14(7-10-16)13-4-2-1-3-5-13/h1-5,8,11-12,14H,6-7,9-10H2,(H,23,24). The van der Waals surface area contributed by atoms with E-state index in [0.29, 0.717) is 21.5 Å². The number of amides is 1. The molecule has 1 aliphatic rings. The second-order valence-corrected chi connectivity index (χ2v) is 6.77. The summed E-state index contributed by atoms with van der Waals surface area (Å²) in [5.41, 5.74) is 5.39. The molecule has 0 spiro atoms. The van der Waals surface area contributed by atoms with Crippen molar-refractivity contribution in [3.8, 4) is 0 Å². The zero-order valence-electron chi connectivity index (χ0n) is 13.1. The lowest BCUT2D eigenvalue weighted by Gasteiger charge is -2.23. The molecule has 2 aromatic rings. The number of carbonyl (C=O) groups is 1. The highest BCUT2D eigenvalue weighted by molar-refractivity contribution is 6.36. The third kappa shape index (κ3) is 4.16. The summed E-state index contributed by atoms with van der Waals surface area (Å²) in [6, 6.07) is 15.3. The maximum atomic E-state index is 12.2. The van der Waals surface area contributed by atoms with Gasteiger partial charge in [0.05, 0.1) is 10.6 Å². The van der Waals surface area contributed by atoms with Crippen molar-refractivity contribution in [1.29, 1.82) is 0 Å². The molecule has 5 heteroatoms. The van der Waals surface area contributed by atoms with Crippen LogP contribution in [0, 0.1) is 0 Å². The van der Waals surface area contributed by atoms with E-state index in [1.165, 1.54) is 5.56 Å². The molecule has 3 nitrogen and oxygen atoms in total. The highest BCUT2D eigenvalue weighted by Gasteiger charge is 2.19. The molecule has 1 amide bonds. The Hall–Kier alpha value is -1.84. The third-order valence-electron chi connectivity index (χ3n) is 4.33. The molecule has 24 heavy (non-hydrogen) atoms. The largest absolute Gasteiger partial charge is 0.272 e. The van der Waals surface area contributed by atoms with Gasteiger partial charge in [-0.2, -0.15) is 5.10 Å². The topological polar surface area (TPSA) is 41.5 Å². The van der Waals surface area contributed by atoms with Gasteiger partial charge in [-0.25, -0.2) is 5.43 Å². The first-order chi connectivity index (χ1) is 11.6. The van der Waals surface area contributed by atoms with E-state index in [9.17, 15) is 4.79 Å². The molecule has 0 saturated heterocycles. The molecule has 0 radical (unpaired) electrons. The summed E-state index contributed by atoms with van der Waals surface area (Å²) in [5, 5.41) is 5.11. The summed E-state index contributed by atoms with van der Waals surface area (Å²) >= 11 is 11.9. The molecule has 3 rings (SSSR count). The fourth-order valence-corrected chi connectivity index (χ4v) is 3.48. The number of nitrogens with zero attached hydrogens (tertiary/aromatic N) is 1. The van der Waals surface area contributed by atoms with Crippen LogP contribution in [0.15, 0.2) is 53.6 Å². The zero-order chi connectivity index (χ0) is 16.9. The van der Waals surface area contributed by atoms with Gasteiger partial charge in [-0.3, -0.25) is 4.79 Å². The van der Waals surface area contributed by atoms with Gasteiger partial charge in [0.15, 0.2) is 0 Å². The maximum absolute atomic E-state index is 12.2. The van der Waals surface area contributed by atoms with Crippen molar-refractivity contribution in [2.45, 2.75) is 31.6 Å². The maximum Gasteiger partial charge on any atom is 0.272 e. The van der Waals surface area contributed by atoms with Crippen LogP contribution in [0.4, 0.5) is 0 Å². The average molecular weight is 361 g/mol. The van der Waals surface area contributed by atoms with Crippen LogP contribution in [0.25, 0.3) is 0 Å². The Bertz CT molecular complexity index is 749. The first kappa shape index (κ1) is 17.0. The minimum Gasteiger partial charge on any atom is -0.267 e. The SMILES string of the molecule is O=C(NN=C1CCC(c2ccccc2)CC1)c1ccc(Cl)cc1Cl. The van der Waals surface area contributed by atoms with E-state index in [0.717, 1.165) is 31.4 Å². The molecule has 0 bridgehead atoms. The minimum absolute atomic E-state index is 0.311. The van der Waals surface area contributed by atoms with Crippen LogP contribution in [0.5, 0.6) is 0 Å². The van der Waals surface area contributed by atoms with Gasteiger partial charge in [0.1, 0.15) is 0 Å². The molecule has 1 aliphatic carbocycles. The van der Waals surface area contributed by atoms with Gasteiger partial charge in [-0.05, 0) is 55.4 Å². The summed E-state index contributed by atoms with van der Waals surface area (Å²) in [6.07, 6.45) is 3.91. The summed E-state index contributed by atoms with van der Waals surface area (Å²) < 4.78 is 0. The van der Waals surface area contributed by atoms with Gasteiger partial charge in [-0.1, -0.05) is 53.5 Å². The van der Waals surface area contributed by atoms with Crippen molar-refractivity contribution in [2.75, 3.05) is 0 Å². The normalized spacial score (nSPS) is 17.4. The fraction of sp³-hybridized carbons (Fsp3) is 0.263. The molecular weight excluding hydrogens is 343 g/mol. The van der Waals surface area contributed by atoms with Gasteiger partial charge >= 0.3 is 0 Å². The lowest BCUT2D eigenvalue weighted by molar-refractivity contribution is 0.0954. The van der Waals surface area contributed by atoms with E-state index in [-0.39, 0.29) is 5.91 Å². The Kier molecular flexibility index (Phi) is 5.54. The second-order valence-electron chi connectivity index (χ2n) is 5.93. The molecule has 1 saturated carbocycles. The number of hydrogen-bond donors (Lipinski definition) is 1. The van der Waals surface area contributed by atoms with E-state index < -0.39 is 0 Å². The zero-order valence-corrected chi connectivity index (χ0v) is 14.6. The minimum atomic E-state index is -0.311. The smallest absolute Gasteiger partial charge is 0.267 e. The highest BCUT2D eigenvalue weighted by Crippen LogP contribution is 2.31. The second kappa shape index (κ2) is 7.82. The third-order valence-corrected chi connectivity index (χ3v) is 4.87. The van der Waals surface area contributed by atoms with Crippen LogP contribution in [-0.2, 0) is 0 Å². The van der Waals surface area contributed by atoms with Crippen molar-refractivity contribution in [3.63, 3.8) is 0 Å². The molecule has 0 aliphatic heterocycles. The van der Waals surface area contributed by atoms with Crippen LogP contribution in [-0.4, -0.2) is 11.6 Å². The van der Waals surface area contributed by atoms with E-state index >= 15 is 0 Å². The predicted molar refractivity (Wildman–Crippen MR) is 99.0 cm³/mol. The summed E-state index contributed by atoms with van der Waals surface area (Å²) in [4.78, 5) is 12.2. The van der Waals surface area contributed by atoms with Crippen molar-refractivity contribution in [2.24, 2.45) is 5.10 Å². The summed E-state index contributed by atoms with van der Waals surface area (Å²) in [7, 11) is 0. The Morgan fingerprint density at radius 2 is 1.75 bits per heavy atom. The number of hydrazone groups is 1. The first-order valence-electron chi connectivity index (χ1n) is 7.99. The first-order valence-corrected chi connectivity index (χ1v) is 8.75. The van der Waals surface area contributed by atoms with Crippen LogP contribution in [0.1, 0.15) is 47.5 Å². The summed E-state index contributed by atoms with van der Waals surface area (Å²) in [5.74, 6) is 0.265. The van der Waals surface area contributed by atoms with Gasteiger partial charge in [0.25, 0.3) is 5.91 Å². The predicted octanol–water partition coefficient (Wildman–Crippen LogP) is 5.44. The molecule has 0 aromatic heterocycles. The van der Waals surface area contributed by atoms with Crippen molar-refractivity contribution >= 4 is 34.8 Å². The molecule has 1 N–H and O–H groups in total. The van der Waals surface area contributed by atoms with E-state index in [1.54, 1.807) is 18.2 Å². The van der Waals surface area contributed by atoms with Crippen molar-refractivity contribution in [1.82, 2.24) is 5.43 Å². The monoisotopic (exact) mass is 360 g/mol. The number of hydrogen-bond acceptors (Lipinski definition) is 2. The Morgan fingerprint density at radius 3 is 2.42 bits per heavy atom. The van der Waals surface area contributed by atoms with E-state index in [4.69, 9.17) is 23.2 Å². The van der Waals surface area contributed by atoms with Crippen molar-refractivity contribution in [3.05, 3.63) is 69.7 Å². The lowest BCUT2D eigenvalue weighted by atomic mass is 9.83. The molecule has 124 valence electrons. The van der Waals surface area contributed by atoms with Gasteiger partial charge in [-0.15, -0.1) is 0 Å². The number of halogens is 2.